The fraction of sp³-hybridized carbons (Fsp3) is 0.423. The lowest BCUT2D eigenvalue weighted by Gasteiger charge is -2.36. The minimum atomic E-state index is -1.46. The highest BCUT2D eigenvalue weighted by molar-refractivity contribution is 7.44. The standard InChI is InChI=1S/C27H37N6O6P.C23H27N5O7.C18H20N4O5.C11H14N4O4.C11H16N4O4.C7H5ClO/c1-7-22(15-38-40(37-14-13-28-6)33(19(2)3)20(4)5)39-23(16-36-27(35)21-11-9-8-10-12-21)32-18-31-24-25(32)29-17-30-26(24)34;1-3-16(11-33-19(30)10-9-17(29)24-2)35-18(12-34-23(32)15-7-5-4-6-8-15)28-14-27-20-21(28)25-13-26-22(20)31;1-2-13(8-23)27-14(9-26-18(25)12-6-4-3-5-7-12)22-11-21-15-16(22)19-10-20-17(15)24;1-2-5-7(16)8(17)11(19-5)15-4-14-6-9(15)12-3-13-10(6)18;1-2-7(3-16)19-8(4-17)15-6-14-9-10(15)12-5-13-11(9)18;8-7(9)6-4-2-1-3-5-6/h8-12,17-20,22-23H,7,13-16H2,1-5H3,(H,29,30,34);4-8,13-14,16,18H,3,9-12H2,1-2H3,(H,24,29)(H,25,26,31);3-7,10-11,13-14,23H,2,8-9H2,1H3,(H,19,20,24);3-5,7-8,11,16-17H,2H2,1H3,(H,12,13,18);5-8,16-17H,2-4H2,1H3,(H,12,13,18);1-5H/t22-,23-,40?;16-,18-;13-,14-;5-,7?,8+,11-;7-,8-;/m11111./s1. The normalized spacial score (nSPS) is 15.5. The van der Waals surface area contributed by atoms with Crippen LogP contribution in [0.1, 0.15) is 180 Å². The number of hydrogen-bond acceptors (Lipinski definition) is 38. The van der Waals surface area contributed by atoms with Crippen LogP contribution in [0.5, 0.6) is 0 Å². The third kappa shape index (κ3) is 32.7. The average Bonchev–Trinajstić information content (AvgIpc) is 1.63. The number of benzene rings is 4. The summed E-state index contributed by atoms with van der Waals surface area (Å²) in [5, 5.41) is 49.9. The van der Waals surface area contributed by atoms with Gasteiger partial charge in [0.1, 0.15) is 45.2 Å². The van der Waals surface area contributed by atoms with Crippen molar-refractivity contribution in [3.63, 3.8) is 0 Å². The highest BCUT2D eigenvalue weighted by Gasteiger charge is 2.44. The van der Waals surface area contributed by atoms with Gasteiger partial charge in [0, 0.05) is 31.1 Å². The van der Waals surface area contributed by atoms with Gasteiger partial charge in [-0.2, -0.15) is 0 Å². The number of nitrogens with zero attached hydrogens (tertiary/aromatic N) is 17. The SMILES string of the molecule is CC[C@H](CO)O[C@H](CO)n1cnc2c(=O)[nH]cnc21.CC[C@H](CO)O[C@H](COC(=O)c1ccccc1)n1cnc2c(=O)[nH]cnc21.CC[C@H](COC(=O)CCC(=O)NC)O[C@H](COC(=O)c1ccccc1)n1cnc2c(=O)[nH]cnc21.CC[C@H]1O[C@@H](n2cnc3c(=O)[nH]cnc32)[C@@H](O)C1O.O=C(Cl)c1ccccc1.[C-]#[N+]CCOP(OC[C@@H](CC)O[C@H](COC(=O)c1ccccc1)n1cnc2c(=O)[nH]cnc21)N(C(C)C)C(C)C. The summed E-state index contributed by atoms with van der Waals surface area (Å²) in [6, 6.07) is 34.8. The molecule has 15 rings (SSSR count). The Kier molecular flexibility index (Phi) is 46.3. The molecule has 14 aromatic rings. The first-order valence-electron chi connectivity index (χ1n) is 47.4. The van der Waals surface area contributed by atoms with Crippen LogP contribution in [0.2, 0.25) is 0 Å². The van der Waals surface area contributed by atoms with Gasteiger partial charge in [-0.05, 0) is 108 Å². The van der Waals surface area contributed by atoms with E-state index < -0.39 is 117 Å². The molecule has 1 fully saturated rings. The maximum Gasteiger partial charge on any atom is 0.338 e. The van der Waals surface area contributed by atoms with Crippen molar-refractivity contribution in [1.82, 2.24) is 108 Å². The van der Waals surface area contributed by atoms with Crippen molar-refractivity contribution in [2.45, 2.75) is 193 Å². The zero-order valence-electron chi connectivity index (χ0n) is 83.1. The Morgan fingerprint density at radius 2 is 0.785 bits per heavy atom. The monoisotopic (exact) mass is 2100 g/mol. The maximum atomic E-state index is 12.7. The van der Waals surface area contributed by atoms with Crippen LogP contribution in [-0.2, 0) is 61.3 Å². The fourth-order valence-corrected chi connectivity index (χ4v) is 16.1. The van der Waals surface area contributed by atoms with Gasteiger partial charge in [-0.15, -0.1) is 0 Å². The molecule has 50 nitrogen and oxygen atoms in total. The summed E-state index contributed by atoms with van der Waals surface area (Å²) in [7, 11) is 0.0318. The number of carbonyl (C=O) groups is 6. The Bertz CT molecular complexity index is 6930. The molecule has 796 valence electrons. The van der Waals surface area contributed by atoms with E-state index in [1.54, 1.807) is 114 Å². The van der Waals surface area contributed by atoms with Gasteiger partial charge in [0.15, 0.2) is 87.0 Å². The molecule has 1 saturated heterocycles. The second kappa shape index (κ2) is 59.4. The van der Waals surface area contributed by atoms with Crippen molar-refractivity contribution in [3.05, 3.63) is 270 Å². The van der Waals surface area contributed by atoms with Crippen molar-refractivity contribution in [1.29, 1.82) is 0 Å². The summed E-state index contributed by atoms with van der Waals surface area (Å²) in [5.41, 5.74) is 2.07. The molecule has 4 aromatic carbocycles. The van der Waals surface area contributed by atoms with E-state index in [0.717, 1.165) is 0 Å². The number of nitrogens with one attached hydrogen (secondary N) is 6. The smallest absolute Gasteiger partial charge is 0.338 e. The summed E-state index contributed by atoms with van der Waals surface area (Å²) < 4.78 is 73.2. The second-order valence-electron chi connectivity index (χ2n) is 33.0. The van der Waals surface area contributed by atoms with Crippen molar-refractivity contribution >= 4 is 111 Å². The number of ether oxygens (including phenoxy) is 9. The number of esters is 4. The summed E-state index contributed by atoms with van der Waals surface area (Å²) in [5.74, 6) is -2.36. The average molecular weight is 2110 g/mol. The minimum Gasteiger partial charge on any atom is -0.463 e. The zero-order chi connectivity index (χ0) is 108. The van der Waals surface area contributed by atoms with Gasteiger partial charge >= 0.3 is 23.9 Å². The van der Waals surface area contributed by atoms with Crippen molar-refractivity contribution < 1.29 is 106 Å². The minimum absolute atomic E-state index is 0.0201. The Labute approximate surface area is 856 Å². The fourth-order valence-electron chi connectivity index (χ4n) is 14.4. The summed E-state index contributed by atoms with van der Waals surface area (Å²) >= 11 is 5.16. The van der Waals surface area contributed by atoms with Crippen LogP contribution >= 0.6 is 20.1 Å². The van der Waals surface area contributed by atoms with Crippen LogP contribution in [0, 0.1) is 6.57 Å². The number of aromatic amines is 5. The van der Waals surface area contributed by atoms with Gasteiger partial charge in [-0.25, -0.2) is 75.5 Å². The first-order valence-corrected chi connectivity index (χ1v) is 48.9. The number of aliphatic hydroxyl groups is 5. The molecule has 0 bridgehead atoms. The first kappa shape index (κ1) is 116. The predicted molar refractivity (Wildman–Crippen MR) is 538 cm³/mol. The molecule has 1 aliphatic heterocycles. The molecule has 0 radical (unpaired) electrons. The van der Waals surface area contributed by atoms with E-state index in [-0.39, 0.29) is 152 Å². The zero-order valence-corrected chi connectivity index (χ0v) is 84.7. The topological polar surface area (TPSA) is 643 Å². The van der Waals surface area contributed by atoms with E-state index in [1.165, 1.54) is 88.6 Å². The number of aromatic nitrogens is 20. The largest absolute Gasteiger partial charge is 0.463 e. The van der Waals surface area contributed by atoms with Crippen LogP contribution in [-0.4, -0.2) is 291 Å². The molecule has 0 spiro atoms. The number of halogens is 1. The number of hydrogen-bond donors (Lipinski definition) is 11. The lowest BCUT2D eigenvalue weighted by Crippen LogP contribution is -2.35. The number of amides is 1. The van der Waals surface area contributed by atoms with E-state index in [1.807, 2.05) is 46.8 Å². The summed E-state index contributed by atoms with van der Waals surface area (Å²) in [6.07, 6.45) is 7.64. The Morgan fingerprint density at radius 3 is 1.11 bits per heavy atom. The van der Waals surface area contributed by atoms with Crippen LogP contribution in [0.4, 0.5) is 0 Å². The molecule has 13 atom stereocenters. The van der Waals surface area contributed by atoms with E-state index in [0.29, 0.717) is 76.9 Å². The lowest BCUT2D eigenvalue weighted by molar-refractivity contribution is -0.154. The molecule has 10 aromatic heterocycles. The molecule has 11 N–H and O–H groups in total. The van der Waals surface area contributed by atoms with E-state index >= 15 is 0 Å². The highest BCUT2D eigenvalue weighted by Crippen LogP contribution is 2.46. The van der Waals surface area contributed by atoms with E-state index in [2.05, 4.69) is 117 Å². The quantitative estimate of drug-likeness (QED) is 0.00433. The molecule has 2 unspecified atom stereocenters. The molecular weight excluding hydrogens is 1990 g/mol. The van der Waals surface area contributed by atoms with Gasteiger partial charge < -0.3 is 112 Å². The third-order valence-corrected chi connectivity index (χ3v) is 24.5. The number of aliphatic hydroxyl groups excluding tert-OH is 5. The molecular formula is C97H119ClN23O27P. The summed E-state index contributed by atoms with van der Waals surface area (Å²) in [4.78, 5) is 187. The van der Waals surface area contributed by atoms with Crippen LogP contribution in [0.15, 0.2) is 209 Å². The molecule has 0 aliphatic carbocycles. The van der Waals surface area contributed by atoms with Gasteiger partial charge in [0.05, 0.1) is 143 Å². The molecule has 1 amide bonds. The van der Waals surface area contributed by atoms with Gasteiger partial charge in [-0.3, -0.25) is 61.2 Å². The molecule has 149 heavy (non-hydrogen) atoms. The van der Waals surface area contributed by atoms with Crippen LogP contribution < -0.4 is 33.1 Å². The van der Waals surface area contributed by atoms with Crippen molar-refractivity contribution in [2.24, 2.45) is 0 Å². The Morgan fingerprint density at radius 1 is 0.443 bits per heavy atom. The van der Waals surface area contributed by atoms with Crippen molar-refractivity contribution in [2.75, 3.05) is 73.1 Å². The molecule has 11 heterocycles. The third-order valence-electron chi connectivity index (χ3n) is 22.3. The van der Waals surface area contributed by atoms with Crippen molar-refractivity contribution in [3.8, 4) is 0 Å². The first-order chi connectivity index (χ1) is 72.0. The number of H-pyrrole nitrogens is 5. The van der Waals surface area contributed by atoms with E-state index in [9.17, 15) is 73.2 Å². The van der Waals surface area contributed by atoms with Gasteiger partial charge in [0.25, 0.3) is 41.6 Å². The maximum absolute atomic E-state index is 12.7. The van der Waals surface area contributed by atoms with Crippen LogP contribution in [0.25, 0.3) is 60.7 Å². The number of imidazole rings is 5. The van der Waals surface area contributed by atoms with Gasteiger partial charge in [0.2, 0.25) is 12.5 Å². The summed E-state index contributed by atoms with van der Waals surface area (Å²) in [6.45, 7) is 24.2. The number of rotatable bonds is 45. The van der Waals surface area contributed by atoms with Gasteiger partial charge in [-0.1, -0.05) is 120 Å². The molecule has 1 aliphatic rings. The highest BCUT2D eigenvalue weighted by atomic mass is 35.5. The molecule has 0 saturated carbocycles. The Balaban J connectivity index is 0.000000191. The van der Waals surface area contributed by atoms with Crippen LogP contribution in [0.3, 0.4) is 0 Å². The second-order valence-corrected chi connectivity index (χ2v) is 34.8. The number of fused-ring (bicyclic) bond motifs is 5. The van der Waals surface area contributed by atoms with E-state index in [4.69, 9.17) is 75.0 Å². The lowest BCUT2D eigenvalue weighted by atomic mass is 10.1. The predicted octanol–water partition coefficient (Wildman–Crippen LogP) is 7.78. The molecule has 52 heteroatoms. The Hall–Kier alpha value is -14.7. The number of carbonyl (C=O) groups excluding carboxylic acids is 6.